The maximum absolute atomic E-state index is 12.0. The van der Waals surface area contributed by atoms with E-state index in [0.717, 1.165) is 17.8 Å². The van der Waals surface area contributed by atoms with E-state index in [1.54, 1.807) is 4.57 Å². The number of hydrogen-bond acceptors (Lipinski definition) is 3. The molecular formula is C13H18N4OS. The molecule has 5 nitrogen and oxygen atoms in total. The van der Waals surface area contributed by atoms with Crippen molar-refractivity contribution in [1.82, 2.24) is 19.5 Å². The third-order valence-electron chi connectivity index (χ3n) is 3.84. The summed E-state index contributed by atoms with van der Waals surface area (Å²) in [5.41, 5.74) is 1.34. The van der Waals surface area contributed by atoms with Gasteiger partial charge >= 0.3 is 5.69 Å². The maximum Gasteiger partial charge on any atom is 0.328 e. The van der Waals surface area contributed by atoms with Crippen LogP contribution in [-0.4, -0.2) is 19.5 Å². The van der Waals surface area contributed by atoms with Crippen molar-refractivity contribution < 1.29 is 0 Å². The maximum atomic E-state index is 12.0. The molecule has 0 aromatic carbocycles. The summed E-state index contributed by atoms with van der Waals surface area (Å²) in [4.78, 5) is 22.7. The van der Waals surface area contributed by atoms with Gasteiger partial charge in [0.1, 0.15) is 16.0 Å². The van der Waals surface area contributed by atoms with Crippen molar-refractivity contribution in [2.24, 2.45) is 0 Å². The van der Waals surface area contributed by atoms with Crippen molar-refractivity contribution in [3.05, 3.63) is 20.9 Å². The van der Waals surface area contributed by atoms with Crippen LogP contribution < -0.4 is 5.69 Å². The van der Waals surface area contributed by atoms with Gasteiger partial charge in [-0.15, -0.1) is 0 Å². The molecular weight excluding hydrogens is 260 g/mol. The number of imidazole rings is 1. The fourth-order valence-corrected chi connectivity index (χ4v) is 3.11. The standard InChI is InChI=1S/C13H18N4OS/c1-2-7-17-11-9(12(19)16-13(17)18)14-10(15-11)8-5-3-4-6-8/h8H,2-7H2,1H3,(H,14,15)(H,16,18,19). The summed E-state index contributed by atoms with van der Waals surface area (Å²) in [5.74, 6) is 1.48. The summed E-state index contributed by atoms with van der Waals surface area (Å²) in [6.07, 6.45) is 5.76. The predicted octanol–water partition coefficient (Wildman–Crippen LogP) is 2.85. The second-order valence-corrected chi connectivity index (χ2v) is 5.62. The molecule has 2 aromatic rings. The molecule has 3 rings (SSSR count). The third kappa shape index (κ3) is 2.14. The van der Waals surface area contributed by atoms with E-state index < -0.39 is 0 Å². The molecule has 6 heteroatoms. The van der Waals surface area contributed by atoms with E-state index in [4.69, 9.17) is 12.2 Å². The second kappa shape index (κ2) is 4.92. The van der Waals surface area contributed by atoms with Crippen molar-refractivity contribution in [2.45, 2.75) is 51.5 Å². The first-order chi connectivity index (χ1) is 9.20. The van der Waals surface area contributed by atoms with Gasteiger partial charge in [0, 0.05) is 12.5 Å². The summed E-state index contributed by atoms with van der Waals surface area (Å²) >= 11 is 5.23. The van der Waals surface area contributed by atoms with Crippen molar-refractivity contribution in [2.75, 3.05) is 0 Å². The minimum absolute atomic E-state index is 0.163. The van der Waals surface area contributed by atoms with E-state index in [0.29, 0.717) is 22.8 Å². The number of nitrogens with one attached hydrogen (secondary N) is 2. The zero-order chi connectivity index (χ0) is 13.4. The minimum Gasteiger partial charge on any atom is -0.338 e. The third-order valence-corrected chi connectivity index (χ3v) is 4.15. The Balaban J connectivity index is 2.20. The Bertz CT molecular complexity index is 705. The highest BCUT2D eigenvalue weighted by molar-refractivity contribution is 7.71. The quantitative estimate of drug-likeness (QED) is 0.848. The number of rotatable bonds is 3. The lowest BCUT2D eigenvalue weighted by Crippen LogP contribution is -2.23. The summed E-state index contributed by atoms with van der Waals surface area (Å²) in [7, 11) is 0. The molecule has 1 aliphatic carbocycles. The first kappa shape index (κ1) is 12.6. The molecule has 1 fully saturated rings. The molecule has 0 unspecified atom stereocenters. The van der Waals surface area contributed by atoms with Crippen molar-refractivity contribution in [3.8, 4) is 0 Å². The Kier molecular flexibility index (Phi) is 3.26. The number of hydrogen-bond donors (Lipinski definition) is 2. The molecule has 2 heterocycles. The van der Waals surface area contributed by atoms with Gasteiger partial charge in [0.15, 0.2) is 5.65 Å². The van der Waals surface area contributed by atoms with E-state index in [1.165, 1.54) is 25.7 Å². The van der Waals surface area contributed by atoms with E-state index in [9.17, 15) is 4.79 Å². The molecule has 102 valence electrons. The molecule has 0 bridgehead atoms. The van der Waals surface area contributed by atoms with Crippen LogP contribution in [0, 0.1) is 4.64 Å². The number of H-pyrrole nitrogens is 2. The van der Waals surface area contributed by atoms with Crippen molar-refractivity contribution in [3.63, 3.8) is 0 Å². The second-order valence-electron chi connectivity index (χ2n) is 5.21. The zero-order valence-electron chi connectivity index (χ0n) is 11.0. The first-order valence-corrected chi connectivity index (χ1v) is 7.34. The fourth-order valence-electron chi connectivity index (χ4n) is 2.88. The Morgan fingerprint density at radius 2 is 2.11 bits per heavy atom. The van der Waals surface area contributed by atoms with E-state index in [1.807, 2.05) is 6.92 Å². The van der Waals surface area contributed by atoms with Gasteiger partial charge in [-0.25, -0.2) is 9.78 Å². The fraction of sp³-hybridized carbons (Fsp3) is 0.615. The van der Waals surface area contributed by atoms with Gasteiger partial charge in [-0.1, -0.05) is 32.0 Å². The lowest BCUT2D eigenvalue weighted by atomic mass is 10.1. The van der Waals surface area contributed by atoms with Crippen LogP contribution in [0.25, 0.3) is 11.2 Å². The van der Waals surface area contributed by atoms with Crippen LogP contribution >= 0.6 is 12.2 Å². The van der Waals surface area contributed by atoms with Gasteiger partial charge in [0.25, 0.3) is 0 Å². The Morgan fingerprint density at radius 1 is 1.37 bits per heavy atom. The van der Waals surface area contributed by atoms with E-state index >= 15 is 0 Å². The van der Waals surface area contributed by atoms with E-state index in [-0.39, 0.29) is 5.69 Å². The number of aromatic nitrogens is 4. The molecule has 0 aliphatic heterocycles. The van der Waals surface area contributed by atoms with Crippen LogP contribution in [-0.2, 0) is 6.54 Å². The topological polar surface area (TPSA) is 66.5 Å². The minimum atomic E-state index is -0.163. The number of aryl methyl sites for hydroxylation is 1. The van der Waals surface area contributed by atoms with Gasteiger partial charge in [-0.2, -0.15) is 0 Å². The van der Waals surface area contributed by atoms with Crippen LogP contribution in [0.1, 0.15) is 50.8 Å². The summed E-state index contributed by atoms with van der Waals surface area (Å²) in [5, 5.41) is 0. The average molecular weight is 278 g/mol. The first-order valence-electron chi connectivity index (χ1n) is 6.93. The molecule has 2 aromatic heterocycles. The highest BCUT2D eigenvalue weighted by Crippen LogP contribution is 2.33. The van der Waals surface area contributed by atoms with Gasteiger partial charge in [-0.05, 0) is 19.3 Å². The van der Waals surface area contributed by atoms with Gasteiger partial charge < -0.3 is 4.98 Å². The van der Waals surface area contributed by atoms with Crippen molar-refractivity contribution in [1.29, 1.82) is 0 Å². The summed E-state index contributed by atoms with van der Waals surface area (Å²) < 4.78 is 2.14. The zero-order valence-corrected chi connectivity index (χ0v) is 11.8. The van der Waals surface area contributed by atoms with Crippen molar-refractivity contribution >= 4 is 23.4 Å². The van der Waals surface area contributed by atoms with Gasteiger partial charge in [0.2, 0.25) is 0 Å². The Morgan fingerprint density at radius 3 is 2.79 bits per heavy atom. The molecule has 1 saturated carbocycles. The molecule has 0 spiro atoms. The summed E-state index contributed by atoms with van der Waals surface area (Å²) in [6, 6.07) is 0. The Labute approximate surface area is 116 Å². The monoisotopic (exact) mass is 278 g/mol. The molecule has 0 amide bonds. The average Bonchev–Trinajstić information content (AvgIpc) is 3.02. The molecule has 0 radical (unpaired) electrons. The lowest BCUT2D eigenvalue weighted by Gasteiger charge is -2.03. The number of fused-ring (bicyclic) bond motifs is 1. The van der Waals surface area contributed by atoms with Gasteiger partial charge in [0.05, 0.1) is 0 Å². The molecule has 2 N–H and O–H groups in total. The molecule has 0 atom stereocenters. The number of aromatic amines is 2. The smallest absolute Gasteiger partial charge is 0.328 e. The van der Waals surface area contributed by atoms with Crippen LogP contribution in [0.4, 0.5) is 0 Å². The molecule has 0 saturated heterocycles. The Hall–Kier alpha value is -1.43. The highest BCUT2D eigenvalue weighted by atomic mass is 32.1. The SMILES string of the molecule is CCCn1c(=O)[nH]c(=S)c2[nH]c(C3CCCC3)nc21. The van der Waals surface area contributed by atoms with Crippen LogP contribution in [0.2, 0.25) is 0 Å². The predicted molar refractivity (Wildman–Crippen MR) is 77.0 cm³/mol. The van der Waals surface area contributed by atoms with Crippen LogP contribution in [0.5, 0.6) is 0 Å². The normalized spacial score (nSPS) is 16.5. The molecule has 19 heavy (non-hydrogen) atoms. The molecule has 1 aliphatic rings. The van der Waals surface area contributed by atoms with E-state index in [2.05, 4.69) is 15.0 Å². The largest absolute Gasteiger partial charge is 0.338 e. The van der Waals surface area contributed by atoms with Crippen LogP contribution in [0.3, 0.4) is 0 Å². The van der Waals surface area contributed by atoms with Gasteiger partial charge in [-0.3, -0.25) is 9.55 Å². The summed E-state index contributed by atoms with van der Waals surface area (Å²) in [6.45, 7) is 2.71. The lowest BCUT2D eigenvalue weighted by molar-refractivity contribution is 0.648. The van der Waals surface area contributed by atoms with Crippen LogP contribution in [0.15, 0.2) is 4.79 Å². The highest BCUT2D eigenvalue weighted by Gasteiger charge is 2.21. The number of nitrogens with zero attached hydrogens (tertiary/aromatic N) is 2.